The van der Waals surface area contributed by atoms with Crippen molar-refractivity contribution in [2.75, 3.05) is 32.7 Å². The van der Waals surface area contributed by atoms with Gasteiger partial charge in [-0.15, -0.1) is 0 Å². The van der Waals surface area contributed by atoms with Crippen LogP contribution in [0.1, 0.15) is 17.5 Å². The van der Waals surface area contributed by atoms with E-state index in [1.807, 2.05) is 4.90 Å². The first kappa shape index (κ1) is 10.2. The third-order valence-corrected chi connectivity index (χ3v) is 2.84. The molecule has 0 aromatic carbocycles. The molecule has 1 amide bonds. The fourth-order valence-electron chi connectivity index (χ4n) is 1.82. The molecule has 0 radical (unpaired) electrons. The first-order valence-corrected chi connectivity index (χ1v) is 5.36. The molecule has 4 heteroatoms. The Morgan fingerprint density at radius 3 is 2.67 bits per heavy atom. The zero-order chi connectivity index (χ0) is 10.7. The Bertz CT molecular complexity index is 313. The molecule has 0 saturated carbocycles. The van der Waals surface area contributed by atoms with Crippen molar-refractivity contribution in [1.29, 1.82) is 0 Å². The van der Waals surface area contributed by atoms with E-state index in [2.05, 4.69) is 11.8 Å². The molecule has 0 aliphatic carbocycles. The summed E-state index contributed by atoms with van der Waals surface area (Å²) >= 11 is 0. The summed E-state index contributed by atoms with van der Waals surface area (Å²) in [6.45, 7) is 6.72. The van der Waals surface area contributed by atoms with Gasteiger partial charge in [0.05, 0.1) is 6.26 Å². The van der Waals surface area contributed by atoms with Crippen molar-refractivity contribution in [3.8, 4) is 0 Å². The molecule has 1 aromatic rings. The molecule has 1 aliphatic rings. The lowest BCUT2D eigenvalue weighted by atomic mass is 10.3. The SMILES string of the molecule is CCN1CCN(C(=O)c2ccco2)CC1. The summed E-state index contributed by atoms with van der Waals surface area (Å²) in [5.74, 6) is 0.454. The molecule has 2 heterocycles. The number of hydrogen-bond acceptors (Lipinski definition) is 3. The molecule has 4 nitrogen and oxygen atoms in total. The van der Waals surface area contributed by atoms with Crippen LogP contribution in [0.4, 0.5) is 0 Å². The van der Waals surface area contributed by atoms with Gasteiger partial charge >= 0.3 is 0 Å². The van der Waals surface area contributed by atoms with Crippen LogP contribution in [0.3, 0.4) is 0 Å². The van der Waals surface area contributed by atoms with E-state index in [1.54, 1.807) is 12.1 Å². The second-order valence-electron chi connectivity index (χ2n) is 3.70. The van der Waals surface area contributed by atoms with Gasteiger partial charge in [0.1, 0.15) is 0 Å². The van der Waals surface area contributed by atoms with E-state index in [0.29, 0.717) is 5.76 Å². The lowest BCUT2D eigenvalue weighted by Crippen LogP contribution is -2.48. The second kappa shape index (κ2) is 4.49. The summed E-state index contributed by atoms with van der Waals surface area (Å²) in [6, 6.07) is 3.46. The highest BCUT2D eigenvalue weighted by Crippen LogP contribution is 2.08. The highest BCUT2D eigenvalue weighted by atomic mass is 16.3. The van der Waals surface area contributed by atoms with Crippen molar-refractivity contribution in [1.82, 2.24) is 9.80 Å². The molecule has 1 aliphatic heterocycles. The molecule has 0 N–H and O–H groups in total. The Kier molecular flexibility index (Phi) is 3.06. The van der Waals surface area contributed by atoms with Crippen molar-refractivity contribution in [2.45, 2.75) is 6.92 Å². The molecule has 0 spiro atoms. The van der Waals surface area contributed by atoms with Gasteiger partial charge in [-0.25, -0.2) is 0 Å². The Balaban J connectivity index is 1.93. The number of piperazine rings is 1. The van der Waals surface area contributed by atoms with E-state index in [9.17, 15) is 4.79 Å². The van der Waals surface area contributed by atoms with E-state index in [-0.39, 0.29) is 5.91 Å². The van der Waals surface area contributed by atoms with E-state index in [4.69, 9.17) is 4.42 Å². The van der Waals surface area contributed by atoms with Crippen LogP contribution in [0, 0.1) is 0 Å². The average Bonchev–Trinajstić information content (AvgIpc) is 2.82. The number of likely N-dealkylation sites (N-methyl/N-ethyl adjacent to an activating group) is 1. The standard InChI is InChI=1S/C11H16N2O2/c1-2-12-5-7-13(8-6-12)11(14)10-4-3-9-15-10/h3-4,9H,2,5-8H2,1H3. The predicted molar refractivity (Wildman–Crippen MR) is 56.7 cm³/mol. The number of carbonyl (C=O) groups is 1. The Labute approximate surface area is 89.5 Å². The maximum atomic E-state index is 11.9. The van der Waals surface area contributed by atoms with E-state index in [0.717, 1.165) is 32.7 Å². The van der Waals surface area contributed by atoms with Crippen molar-refractivity contribution >= 4 is 5.91 Å². The van der Waals surface area contributed by atoms with Gasteiger partial charge in [0, 0.05) is 26.2 Å². The highest BCUT2D eigenvalue weighted by molar-refractivity contribution is 5.91. The molecule has 0 atom stereocenters. The van der Waals surface area contributed by atoms with Gasteiger partial charge in [-0.3, -0.25) is 4.79 Å². The van der Waals surface area contributed by atoms with E-state index in [1.165, 1.54) is 6.26 Å². The van der Waals surface area contributed by atoms with Crippen LogP contribution >= 0.6 is 0 Å². The van der Waals surface area contributed by atoms with Crippen LogP contribution in [-0.2, 0) is 0 Å². The van der Waals surface area contributed by atoms with Gasteiger partial charge < -0.3 is 14.2 Å². The van der Waals surface area contributed by atoms with Crippen LogP contribution in [0.2, 0.25) is 0 Å². The van der Waals surface area contributed by atoms with Gasteiger partial charge in [0.15, 0.2) is 5.76 Å². The smallest absolute Gasteiger partial charge is 0.289 e. The Hall–Kier alpha value is -1.29. The van der Waals surface area contributed by atoms with Gasteiger partial charge in [-0.2, -0.15) is 0 Å². The summed E-state index contributed by atoms with van der Waals surface area (Å²) in [7, 11) is 0. The summed E-state index contributed by atoms with van der Waals surface area (Å²) in [5, 5.41) is 0. The van der Waals surface area contributed by atoms with Crippen LogP contribution in [-0.4, -0.2) is 48.4 Å². The van der Waals surface area contributed by atoms with Crippen LogP contribution in [0.15, 0.2) is 22.8 Å². The quantitative estimate of drug-likeness (QED) is 0.729. The maximum absolute atomic E-state index is 11.9. The molecular weight excluding hydrogens is 192 g/mol. The van der Waals surface area contributed by atoms with Crippen LogP contribution in [0.25, 0.3) is 0 Å². The second-order valence-corrected chi connectivity index (χ2v) is 3.70. The highest BCUT2D eigenvalue weighted by Gasteiger charge is 2.22. The molecule has 0 unspecified atom stereocenters. The van der Waals surface area contributed by atoms with Crippen LogP contribution < -0.4 is 0 Å². The Morgan fingerprint density at radius 1 is 1.40 bits per heavy atom. The number of amides is 1. The lowest BCUT2D eigenvalue weighted by molar-refractivity contribution is 0.0612. The molecule has 0 bridgehead atoms. The number of furan rings is 1. The first-order valence-electron chi connectivity index (χ1n) is 5.36. The zero-order valence-electron chi connectivity index (χ0n) is 8.98. The van der Waals surface area contributed by atoms with Gasteiger partial charge in [-0.1, -0.05) is 6.92 Å². The Morgan fingerprint density at radius 2 is 2.13 bits per heavy atom. The minimum atomic E-state index is 0.00996. The topological polar surface area (TPSA) is 36.7 Å². The maximum Gasteiger partial charge on any atom is 0.289 e. The summed E-state index contributed by atoms with van der Waals surface area (Å²) in [5.41, 5.74) is 0. The molecule has 15 heavy (non-hydrogen) atoms. The van der Waals surface area contributed by atoms with Crippen molar-refractivity contribution in [2.24, 2.45) is 0 Å². The summed E-state index contributed by atoms with van der Waals surface area (Å²) in [6.07, 6.45) is 1.54. The van der Waals surface area contributed by atoms with Gasteiger partial charge in [0.2, 0.25) is 0 Å². The first-order chi connectivity index (χ1) is 7.31. The van der Waals surface area contributed by atoms with Crippen LogP contribution in [0.5, 0.6) is 0 Å². The minimum absolute atomic E-state index is 0.00996. The van der Waals surface area contributed by atoms with E-state index < -0.39 is 0 Å². The minimum Gasteiger partial charge on any atom is -0.459 e. The number of carbonyl (C=O) groups excluding carboxylic acids is 1. The van der Waals surface area contributed by atoms with Gasteiger partial charge in [-0.05, 0) is 18.7 Å². The monoisotopic (exact) mass is 208 g/mol. The third kappa shape index (κ3) is 2.21. The largest absolute Gasteiger partial charge is 0.459 e. The molecular formula is C11H16N2O2. The lowest BCUT2D eigenvalue weighted by Gasteiger charge is -2.33. The molecule has 1 aromatic heterocycles. The molecule has 1 fully saturated rings. The fourth-order valence-corrected chi connectivity index (χ4v) is 1.82. The third-order valence-electron chi connectivity index (χ3n) is 2.84. The molecule has 1 saturated heterocycles. The van der Waals surface area contributed by atoms with E-state index >= 15 is 0 Å². The predicted octanol–water partition coefficient (Wildman–Crippen LogP) is 1.06. The van der Waals surface area contributed by atoms with Gasteiger partial charge in [0.25, 0.3) is 5.91 Å². The van der Waals surface area contributed by atoms with Crippen molar-refractivity contribution in [3.63, 3.8) is 0 Å². The average molecular weight is 208 g/mol. The molecule has 2 rings (SSSR count). The number of nitrogens with zero attached hydrogens (tertiary/aromatic N) is 2. The summed E-state index contributed by atoms with van der Waals surface area (Å²) < 4.78 is 5.10. The summed E-state index contributed by atoms with van der Waals surface area (Å²) in [4.78, 5) is 16.1. The normalized spacial score (nSPS) is 18.1. The fraction of sp³-hybridized carbons (Fsp3) is 0.545. The molecule has 82 valence electrons. The number of hydrogen-bond donors (Lipinski definition) is 0. The number of rotatable bonds is 2. The zero-order valence-corrected chi connectivity index (χ0v) is 8.98. The van der Waals surface area contributed by atoms with Crippen molar-refractivity contribution in [3.05, 3.63) is 24.2 Å². The van der Waals surface area contributed by atoms with Crippen molar-refractivity contribution < 1.29 is 9.21 Å².